The molecule has 0 atom stereocenters. The topological polar surface area (TPSA) is 21.3 Å². The predicted molar refractivity (Wildman–Crippen MR) is 31.7 cm³/mol. The van der Waals surface area contributed by atoms with Crippen LogP contribution in [0.25, 0.3) is 0 Å². The lowest BCUT2D eigenvalue weighted by Gasteiger charge is -1.93. The molecule has 0 spiro atoms. The number of allylic oxidation sites excluding steroid dienone is 2. The fourth-order valence-corrected chi connectivity index (χ4v) is 0.584. The van der Waals surface area contributed by atoms with E-state index in [0.29, 0.717) is 5.88 Å². The lowest BCUT2D eigenvalue weighted by atomic mass is 10.4. The maximum atomic E-state index is 5.05. The van der Waals surface area contributed by atoms with Crippen LogP contribution in [0.1, 0.15) is 13.8 Å². The molecule has 0 saturated carbocycles. The quantitative estimate of drug-likeness (QED) is 0.509. The van der Waals surface area contributed by atoms with Crippen molar-refractivity contribution in [3.8, 4) is 0 Å². The third-order valence-electron chi connectivity index (χ3n) is 1.13. The van der Waals surface area contributed by atoms with Crippen molar-refractivity contribution in [2.75, 3.05) is 0 Å². The SMILES string of the molecule is C=C1NC(C)=C(C)O1. The largest absolute Gasteiger partial charge is 0.445 e. The van der Waals surface area contributed by atoms with Gasteiger partial charge in [0.1, 0.15) is 5.76 Å². The summed E-state index contributed by atoms with van der Waals surface area (Å²) in [6.07, 6.45) is 0. The molecule has 0 bridgehead atoms. The highest BCUT2D eigenvalue weighted by molar-refractivity contribution is 5.14. The van der Waals surface area contributed by atoms with Gasteiger partial charge in [0.05, 0.1) is 5.70 Å². The zero-order valence-electron chi connectivity index (χ0n) is 5.12. The van der Waals surface area contributed by atoms with Crippen molar-refractivity contribution in [3.63, 3.8) is 0 Å². The van der Waals surface area contributed by atoms with Gasteiger partial charge in [0.25, 0.3) is 0 Å². The maximum Gasteiger partial charge on any atom is 0.189 e. The zero-order chi connectivity index (χ0) is 6.15. The predicted octanol–water partition coefficient (Wildman–Crippen LogP) is 1.33. The van der Waals surface area contributed by atoms with Crippen molar-refractivity contribution in [2.24, 2.45) is 0 Å². The van der Waals surface area contributed by atoms with Gasteiger partial charge in [-0.3, -0.25) is 0 Å². The Kier molecular flexibility index (Phi) is 1.01. The molecule has 0 saturated heterocycles. The van der Waals surface area contributed by atoms with Crippen LogP contribution in [0.15, 0.2) is 23.9 Å². The first-order valence-electron chi connectivity index (χ1n) is 2.51. The molecule has 2 nitrogen and oxygen atoms in total. The van der Waals surface area contributed by atoms with Gasteiger partial charge in [-0.15, -0.1) is 0 Å². The molecule has 1 rings (SSSR count). The molecule has 44 valence electrons. The van der Waals surface area contributed by atoms with Crippen molar-refractivity contribution in [3.05, 3.63) is 23.9 Å². The molecular weight excluding hydrogens is 102 g/mol. The van der Waals surface area contributed by atoms with E-state index in [2.05, 4.69) is 11.9 Å². The van der Waals surface area contributed by atoms with Gasteiger partial charge >= 0.3 is 0 Å². The van der Waals surface area contributed by atoms with E-state index in [1.807, 2.05) is 13.8 Å². The van der Waals surface area contributed by atoms with Gasteiger partial charge < -0.3 is 10.1 Å². The molecule has 1 N–H and O–H groups in total. The average molecular weight is 111 g/mol. The van der Waals surface area contributed by atoms with Gasteiger partial charge in [-0.05, 0) is 20.4 Å². The van der Waals surface area contributed by atoms with E-state index in [0.717, 1.165) is 11.5 Å². The highest BCUT2D eigenvalue weighted by Crippen LogP contribution is 2.13. The van der Waals surface area contributed by atoms with E-state index in [1.54, 1.807) is 0 Å². The first-order chi connectivity index (χ1) is 3.70. The standard InChI is InChI=1S/C6H9NO/c1-4-5(2)8-6(3)7-4/h7H,3H2,1-2H3. The van der Waals surface area contributed by atoms with Gasteiger partial charge in [0.15, 0.2) is 5.88 Å². The Balaban J connectivity index is 2.73. The highest BCUT2D eigenvalue weighted by atomic mass is 16.5. The summed E-state index contributed by atoms with van der Waals surface area (Å²) in [7, 11) is 0. The number of rotatable bonds is 0. The molecule has 1 aliphatic heterocycles. The third-order valence-corrected chi connectivity index (χ3v) is 1.13. The smallest absolute Gasteiger partial charge is 0.189 e. The Bertz CT molecular complexity index is 142. The van der Waals surface area contributed by atoms with Gasteiger partial charge in [0.2, 0.25) is 0 Å². The lowest BCUT2D eigenvalue weighted by molar-refractivity contribution is 0.319. The molecule has 0 unspecified atom stereocenters. The van der Waals surface area contributed by atoms with Crippen LogP contribution in [0.5, 0.6) is 0 Å². The monoisotopic (exact) mass is 111 g/mol. The van der Waals surface area contributed by atoms with Gasteiger partial charge in [-0.1, -0.05) is 0 Å². The molecule has 8 heavy (non-hydrogen) atoms. The minimum atomic E-state index is 0.625. The van der Waals surface area contributed by atoms with Crippen LogP contribution >= 0.6 is 0 Å². The van der Waals surface area contributed by atoms with Crippen LogP contribution in [0.2, 0.25) is 0 Å². The van der Waals surface area contributed by atoms with Crippen molar-refractivity contribution < 1.29 is 4.74 Å². The fraction of sp³-hybridized carbons (Fsp3) is 0.333. The lowest BCUT2D eigenvalue weighted by Crippen LogP contribution is -2.01. The average Bonchev–Trinajstić information content (AvgIpc) is 1.85. The maximum absolute atomic E-state index is 5.05. The Morgan fingerprint density at radius 3 is 2.25 bits per heavy atom. The molecule has 2 heteroatoms. The van der Waals surface area contributed by atoms with Crippen LogP contribution in [0.3, 0.4) is 0 Å². The van der Waals surface area contributed by atoms with Crippen LogP contribution in [0, 0.1) is 0 Å². The minimum absolute atomic E-state index is 0.625. The van der Waals surface area contributed by atoms with Crippen molar-refractivity contribution in [2.45, 2.75) is 13.8 Å². The molecule has 1 heterocycles. The molecule has 0 aliphatic carbocycles. The van der Waals surface area contributed by atoms with Crippen LogP contribution in [0.4, 0.5) is 0 Å². The van der Waals surface area contributed by atoms with E-state index in [9.17, 15) is 0 Å². The third kappa shape index (κ3) is 0.689. The second kappa shape index (κ2) is 1.54. The minimum Gasteiger partial charge on any atom is -0.445 e. The first-order valence-corrected chi connectivity index (χ1v) is 2.51. The molecule has 1 aliphatic rings. The molecule has 0 amide bonds. The number of nitrogens with one attached hydrogen (secondary N) is 1. The summed E-state index contributed by atoms with van der Waals surface area (Å²) in [6, 6.07) is 0. The molecule has 0 aromatic rings. The summed E-state index contributed by atoms with van der Waals surface area (Å²) in [5.41, 5.74) is 1.05. The number of hydrogen-bond acceptors (Lipinski definition) is 2. The molecule has 0 fully saturated rings. The van der Waals surface area contributed by atoms with E-state index >= 15 is 0 Å². The van der Waals surface area contributed by atoms with E-state index < -0.39 is 0 Å². The number of ether oxygens (including phenoxy) is 1. The van der Waals surface area contributed by atoms with Crippen LogP contribution in [-0.4, -0.2) is 0 Å². The zero-order valence-corrected chi connectivity index (χ0v) is 5.12. The summed E-state index contributed by atoms with van der Waals surface area (Å²) in [5, 5.41) is 2.93. The first kappa shape index (κ1) is 5.22. The Hall–Kier alpha value is -0.920. The highest BCUT2D eigenvalue weighted by Gasteiger charge is 2.08. The molecular formula is C6H9NO. The van der Waals surface area contributed by atoms with Crippen molar-refractivity contribution >= 4 is 0 Å². The van der Waals surface area contributed by atoms with E-state index in [-0.39, 0.29) is 0 Å². The number of hydrogen-bond donors (Lipinski definition) is 1. The molecule has 0 radical (unpaired) electrons. The van der Waals surface area contributed by atoms with Crippen LogP contribution < -0.4 is 5.32 Å². The molecule has 0 aromatic carbocycles. The van der Waals surface area contributed by atoms with Gasteiger partial charge in [0, 0.05) is 0 Å². The second-order valence-corrected chi connectivity index (χ2v) is 1.83. The second-order valence-electron chi connectivity index (χ2n) is 1.83. The van der Waals surface area contributed by atoms with Gasteiger partial charge in [-0.25, -0.2) is 0 Å². The normalized spacial score (nSPS) is 18.5. The summed E-state index contributed by atoms with van der Waals surface area (Å²) < 4.78 is 5.05. The Morgan fingerprint density at radius 2 is 2.12 bits per heavy atom. The Labute approximate surface area is 48.8 Å². The Morgan fingerprint density at radius 1 is 1.50 bits per heavy atom. The van der Waals surface area contributed by atoms with E-state index in [4.69, 9.17) is 4.74 Å². The van der Waals surface area contributed by atoms with E-state index in [1.165, 1.54) is 0 Å². The summed E-state index contributed by atoms with van der Waals surface area (Å²) in [5.74, 6) is 1.54. The summed E-state index contributed by atoms with van der Waals surface area (Å²) in [6.45, 7) is 7.44. The van der Waals surface area contributed by atoms with Crippen LogP contribution in [-0.2, 0) is 4.74 Å². The summed E-state index contributed by atoms with van der Waals surface area (Å²) in [4.78, 5) is 0. The van der Waals surface area contributed by atoms with Crippen molar-refractivity contribution in [1.82, 2.24) is 5.32 Å². The van der Waals surface area contributed by atoms with Crippen molar-refractivity contribution in [1.29, 1.82) is 0 Å². The summed E-state index contributed by atoms with van der Waals surface area (Å²) >= 11 is 0. The molecule has 0 aromatic heterocycles. The fourth-order valence-electron chi connectivity index (χ4n) is 0.584. The van der Waals surface area contributed by atoms with Gasteiger partial charge in [-0.2, -0.15) is 0 Å².